The number of carbonyl (C=O) groups is 3. The highest BCUT2D eigenvalue weighted by atomic mass is 33.1. The maximum absolute atomic E-state index is 14.1. The molecule has 0 rings (SSSR count). The van der Waals surface area contributed by atoms with Crippen molar-refractivity contribution in [2.75, 3.05) is 25.7 Å². The van der Waals surface area contributed by atoms with Crippen LogP contribution in [0.15, 0.2) is 0 Å². The molecule has 326 valence electrons. The predicted molar refractivity (Wildman–Crippen MR) is 241 cm³/mol. The first-order chi connectivity index (χ1) is 26.8. The zero-order valence-corrected chi connectivity index (χ0v) is 38.3. The lowest BCUT2D eigenvalue weighted by Crippen LogP contribution is -2.59. The third-order valence-corrected chi connectivity index (χ3v) is 13.8. The summed E-state index contributed by atoms with van der Waals surface area (Å²) in [5.74, 6) is -1.27. The Hall–Kier alpha value is -0.770. The third-order valence-electron chi connectivity index (χ3n) is 11.3. The highest BCUT2D eigenvalue weighted by Crippen LogP contribution is 2.31. The quantitative estimate of drug-likeness (QED) is 0.0268. The number of nitrogens with two attached hydrogens (primary N) is 2. The average Bonchev–Trinajstić information content (AvgIpc) is 3.20. The molecule has 0 bridgehead atoms. The first-order valence-corrected chi connectivity index (χ1v) is 25.8. The van der Waals surface area contributed by atoms with Crippen molar-refractivity contribution in [1.82, 2.24) is 0 Å². The fourth-order valence-electron chi connectivity index (χ4n) is 7.54. The minimum absolute atomic E-state index is 0.0749. The van der Waals surface area contributed by atoms with Crippen LogP contribution in [0.3, 0.4) is 0 Å². The molecular weight excluding hydrogens is 725 g/mol. The van der Waals surface area contributed by atoms with Gasteiger partial charge >= 0.3 is 11.9 Å². The first-order valence-electron chi connectivity index (χ1n) is 23.3. The van der Waals surface area contributed by atoms with Gasteiger partial charge in [-0.05, 0) is 12.8 Å². The molecule has 0 amide bonds. The van der Waals surface area contributed by atoms with Crippen molar-refractivity contribution in [3.05, 3.63) is 0 Å². The van der Waals surface area contributed by atoms with E-state index in [1.54, 1.807) is 0 Å². The van der Waals surface area contributed by atoms with Crippen LogP contribution in [0.1, 0.15) is 232 Å². The normalized spacial score (nSPS) is 13.2. The van der Waals surface area contributed by atoms with Gasteiger partial charge in [0.1, 0.15) is 6.04 Å². The summed E-state index contributed by atoms with van der Waals surface area (Å²) in [7, 11) is 5.21. The van der Waals surface area contributed by atoms with Crippen LogP contribution in [0.25, 0.3) is 0 Å². The maximum atomic E-state index is 14.1. The van der Waals surface area contributed by atoms with E-state index >= 15 is 0 Å². The van der Waals surface area contributed by atoms with E-state index in [9.17, 15) is 14.4 Å². The largest absolute Gasteiger partial charge is 0.468 e. The minimum Gasteiger partial charge on any atom is -0.468 e. The zero-order chi connectivity index (χ0) is 40.7. The minimum atomic E-state index is -1.73. The van der Waals surface area contributed by atoms with Crippen molar-refractivity contribution in [2.24, 2.45) is 17.4 Å². The zero-order valence-electron chi connectivity index (χ0n) is 36.6. The molecule has 7 nitrogen and oxygen atoms in total. The molecule has 0 aromatic rings. The molecule has 0 heterocycles. The number of ketones is 1. The Morgan fingerprint density at radius 2 is 0.800 bits per heavy atom. The van der Waals surface area contributed by atoms with Crippen molar-refractivity contribution in [2.45, 2.75) is 244 Å². The van der Waals surface area contributed by atoms with Crippen LogP contribution in [0, 0.1) is 5.92 Å². The lowest BCUT2D eigenvalue weighted by Gasteiger charge is -2.29. The second kappa shape index (κ2) is 40.0. The van der Waals surface area contributed by atoms with Crippen molar-refractivity contribution < 1.29 is 23.9 Å². The molecule has 9 heteroatoms. The molecule has 0 aromatic heterocycles. The van der Waals surface area contributed by atoms with Crippen LogP contribution in [0.2, 0.25) is 0 Å². The van der Waals surface area contributed by atoms with Crippen LogP contribution in [0.4, 0.5) is 0 Å². The molecule has 0 aliphatic heterocycles. The van der Waals surface area contributed by atoms with Crippen LogP contribution in [-0.2, 0) is 23.9 Å². The Balaban J connectivity index is 4.68. The lowest BCUT2D eigenvalue weighted by molar-refractivity contribution is -0.151. The van der Waals surface area contributed by atoms with Crippen LogP contribution in [0.5, 0.6) is 0 Å². The fraction of sp³-hybridized carbons (Fsp3) is 0.935. The first kappa shape index (κ1) is 54.2. The number of esters is 2. The number of carbonyl (C=O) groups excluding carboxylic acids is 3. The van der Waals surface area contributed by atoms with Crippen molar-refractivity contribution >= 4 is 39.3 Å². The monoisotopic (exact) mass is 815 g/mol. The van der Waals surface area contributed by atoms with Gasteiger partial charge in [0.2, 0.25) is 0 Å². The summed E-state index contributed by atoms with van der Waals surface area (Å²) >= 11 is 0. The SMILES string of the molecule is CCCCCCCCCCCCCCCCCCC(CCCCCCCCCCCCCCCCCC)C(=O)[C@](N)(CSSC[C@H](N)C(=O)OC)C(=O)OC. The topological polar surface area (TPSA) is 122 Å². The van der Waals surface area contributed by atoms with Crippen LogP contribution < -0.4 is 11.5 Å². The summed E-state index contributed by atoms with van der Waals surface area (Å²) in [5.41, 5.74) is 10.8. The molecule has 0 fully saturated rings. The van der Waals surface area contributed by atoms with Gasteiger partial charge in [0, 0.05) is 17.4 Å². The van der Waals surface area contributed by atoms with Gasteiger partial charge in [-0.2, -0.15) is 0 Å². The maximum Gasteiger partial charge on any atom is 0.334 e. The third kappa shape index (κ3) is 30.9. The molecule has 0 aliphatic rings. The average molecular weight is 815 g/mol. The number of methoxy groups -OCH3 is 2. The number of hydrogen-bond donors (Lipinski definition) is 2. The highest BCUT2D eigenvalue weighted by Gasteiger charge is 2.46. The molecule has 0 saturated heterocycles. The molecule has 0 radical (unpaired) electrons. The van der Waals surface area contributed by atoms with E-state index in [2.05, 4.69) is 13.8 Å². The second-order valence-corrected chi connectivity index (χ2v) is 18.9. The smallest absolute Gasteiger partial charge is 0.334 e. The summed E-state index contributed by atoms with van der Waals surface area (Å²) in [6.45, 7) is 4.56. The van der Waals surface area contributed by atoms with Crippen molar-refractivity contribution in [3.63, 3.8) is 0 Å². The standard InChI is InChI=1S/C46H90N2O5S2/c1-5-7-9-11-13-15-17-19-21-23-25-27-29-31-33-35-37-41(38-36-34-32-30-28-26-24-22-20-18-16-14-12-10-8-6-2)43(49)46(48,45(51)53-4)40-55-54-39-42(47)44(50)52-3/h41-42H,5-40,47-48H2,1-4H3/t42-,46+/m0/s1. The van der Waals surface area contributed by atoms with Gasteiger partial charge in [-0.1, -0.05) is 241 Å². The molecule has 0 saturated carbocycles. The second-order valence-electron chi connectivity index (χ2n) is 16.4. The molecule has 0 spiro atoms. The van der Waals surface area contributed by atoms with E-state index in [0.717, 1.165) is 38.5 Å². The number of hydrogen-bond acceptors (Lipinski definition) is 9. The highest BCUT2D eigenvalue weighted by molar-refractivity contribution is 8.76. The van der Waals surface area contributed by atoms with Gasteiger partial charge in [0.05, 0.1) is 14.2 Å². The summed E-state index contributed by atoms with van der Waals surface area (Å²) in [6.07, 6.45) is 43.5. The van der Waals surface area contributed by atoms with Gasteiger partial charge in [0.15, 0.2) is 11.3 Å². The Morgan fingerprint density at radius 1 is 0.491 bits per heavy atom. The van der Waals surface area contributed by atoms with Crippen molar-refractivity contribution in [3.8, 4) is 0 Å². The summed E-state index contributed by atoms with van der Waals surface area (Å²) in [5, 5.41) is 0. The molecule has 4 N–H and O–H groups in total. The Labute approximate surface area is 348 Å². The lowest BCUT2D eigenvalue weighted by atomic mass is 9.81. The summed E-state index contributed by atoms with van der Waals surface area (Å²) < 4.78 is 9.79. The number of unbranched alkanes of at least 4 members (excludes halogenated alkanes) is 30. The van der Waals surface area contributed by atoms with E-state index < -0.39 is 23.5 Å². The van der Waals surface area contributed by atoms with E-state index in [0.29, 0.717) is 5.75 Å². The van der Waals surface area contributed by atoms with Crippen LogP contribution >= 0.6 is 21.6 Å². The molecule has 0 aliphatic carbocycles. The van der Waals surface area contributed by atoms with Crippen LogP contribution in [-0.4, -0.2) is 55.0 Å². The van der Waals surface area contributed by atoms with Gasteiger partial charge in [-0.3, -0.25) is 9.59 Å². The van der Waals surface area contributed by atoms with E-state index in [4.69, 9.17) is 20.9 Å². The number of Topliss-reactive ketones (excluding diaryl/α,β-unsaturated/α-hetero) is 1. The summed E-state index contributed by atoms with van der Waals surface area (Å²) in [4.78, 5) is 38.8. The molecule has 0 aromatic carbocycles. The van der Waals surface area contributed by atoms with Gasteiger partial charge in [-0.15, -0.1) is 0 Å². The Bertz CT molecular complexity index is 858. The molecule has 0 unspecified atom stereocenters. The fourth-order valence-corrected chi connectivity index (χ4v) is 9.98. The molecular formula is C46H90N2O5S2. The molecule has 55 heavy (non-hydrogen) atoms. The van der Waals surface area contributed by atoms with E-state index in [1.165, 1.54) is 216 Å². The summed E-state index contributed by atoms with van der Waals surface area (Å²) in [6, 6.07) is -0.777. The van der Waals surface area contributed by atoms with E-state index in [1.807, 2.05) is 0 Å². The Kier molecular flexibility index (Phi) is 39.5. The Morgan fingerprint density at radius 3 is 1.09 bits per heavy atom. The predicted octanol–water partition coefficient (Wildman–Crippen LogP) is 13.2. The van der Waals surface area contributed by atoms with Gasteiger partial charge < -0.3 is 20.9 Å². The van der Waals surface area contributed by atoms with Gasteiger partial charge in [-0.25, -0.2) is 4.79 Å². The van der Waals surface area contributed by atoms with Gasteiger partial charge in [0.25, 0.3) is 0 Å². The number of rotatable bonds is 43. The van der Waals surface area contributed by atoms with Crippen molar-refractivity contribution in [1.29, 1.82) is 0 Å². The molecule has 2 atom stereocenters. The number of ether oxygens (including phenoxy) is 2. The van der Waals surface area contributed by atoms with E-state index in [-0.39, 0.29) is 17.5 Å².